The summed E-state index contributed by atoms with van der Waals surface area (Å²) >= 11 is 6.13. The van der Waals surface area contributed by atoms with Crippen LogP contribution in [0.4, 0.5) is 11.5 Å². The van der Waals surface area contributed by atoms with Crippen LogP contribution < -0.4 is 4.90 Å². The van der Waals surface area contributed by atoms with Gasteiger partial charge in [0.1, 0.15) is 0 Å². The van der Waals surface area contributed by atoms with Crippen molar-refractivity contribution in [2.24, 2.45) is 0 Å². The maximum Gasteiger partial charge on any atom is 0.270 e. The molecule has 1 aromatic heterocycles. The molecule has 0 unspecified atom stereocenters. The zero-order valence-corrected chi connectivity index (χ0v) is 18.9. The van der Waals surface area contributed by atoms with Gasteiger partial charge in [0.15, 0.2) is 5.82 Å². The molecule has 0 saturated carbocycles. The van der Waals surface area contributed by atoms with E-state index in [1.165, 1.54) is 18.2 Å². The lowest BCUT2D eigenvalue weighted by molar-refractivity contribution is -0.384. The number of nitro benzene ring substituents is 1. The van der Waals surface area contributed by atoms with E-state index in [1.54, 1.807) is 4.90 Å². The Morgan fingerprint density at radius 2 is 1.68 bits per heavy atom. The summed E-state index contributed by atoms with van der Waals surface area (Å²) in [7, 11) is 0. The molecule has 1 saturated heterocycles. The van der Waals surface area contributed by atoms with Crippen LogP contribution in [0.2, 0.25) is 5.02 Å². The summed E-state index contributed by atoms with van der Waals surface area (Å²) < 4.78 is 0. The Labute approximate surface area is 200 Å². The number of fused-ring (bicyclic) bond motifs is 1. The van der Waals surface area contributed by atoms with Gasteiger partial charge in [0.05, 0.1) is 21.2 Å². The van der Waals surface area contributed by atoms with Crippen LogP contribution in [0.25, 0.3) is 22.0 Å². The van der Waals surface area contributed by atoms with Crippen LogP contribution in [0, 0.1) is 10.1 Å². The van der Waals surface area contributed by atoms with Gasteiger partial charge in [-0.3, -0.25) is 14.9 Å². The molecule has 3 aromatic carbocycles. The van der Waals surface area contributed by atoms with Gasteiger partial charge in [0, 0.05) is 43.9 Å². The number of nitro groups is 1. The molecule has 4 aromatic rings. The number of amides is 1. The second-order valence-corrected chi connectivity index (χ2v) is 8.41. The quantitative estimate of drug-likeness (QED) is 0.311. The molecule has 1 aliphatic heterocycles. The number of aromatic nitrogens is 2. The van der Waals surface area contributed by atoms with Crippen LogP contribution in [0.3, 0.4) is 0 Å². The van der Waals surface area contributed by atoms with Crippen LogP contribution in [0.1, 0.15) is 10.4 Å². The molecule has 9 heteroatoms. The van der Waals surface area contributed by atoms with E-state index in [0.717, 1.165) is 27.8 Å². The van der Waals surface area contributed by atoms with Gasteiger partial charge in [-0.15, -0.1) is 10.2 Å². The molecule has 1 aliphatic rings. The van der Waals surface area contributed by atoms with Gasteiger partial charge in [0.2, 0.25) is 0 Å². The first-order valence-corrected chi connectivity index (χ1v) is 11.2. The second-order valence-electron chi connectivity index (χ2n) is 8.00. The van der Waals surface area contributed by atoms with Crippen molar-refractivity contribution in [3.8, 4) is 11.3 Å². The van der Waals surface area contributed by atoms with Gasteiger partial charge in [-0.1, -0.05) is 54.1 Å². The Morgan fingerprint density at radius 3 is 2.38 bits per heavy atom. The first kappa shape index (κ1) is 21.8. The lowest BCUT2D eigenvalue weighted by Crippen LogP contribution is -2.49. The maximum atomic E-state index is 12.9. The van der Waals surface area contributed by atoms with Gasteiger partial charge >= 0.3 is 0 Å². The predicted octanol–water partition coefficient (Wildman–Crippen LogP) is 4.82. The van der Waals surface area contributed by atoms with Crippen molar-refractivity contribution in [2.75, 3.05) is 31.1 Å². The van der Waals surface area contributed by atoms with Gasteiger partial charge in [-0.25, -0.2) is 0 Å². The number of non-ortho nitro benzene ring substituents is 1. The molecule has 0 atom stereocenters. The molecule has 8 nitrogen and oxygen atoms in total. The largest absolute Gasteiger partial charge is 0.352 e. The lowest BCUT2D eigenvalue weighted by atomic mass is 10.0. The van der Waals surface area contributed by atoms with Crippen LogP contribution in [-0.4, -0.2) is 52.1 Å². The van der Waals surface area contributed by atoms with Crippen molar-refractivity contribution in [1.82, 2.24) is 15.1 Å². The highest BCUT2D eigenvalue weighted by Crippen LogP contribution is 2.28. The summed E-state index contributed by atoms with van der Waals surface area (Å²) in [4.78, 5) is 27.0. The summed E-state index contributed by atoms with van der Waals surface area (Å²) in [6, 6.07) is 22.1. The molecule has 34 heavy (non-hydrogen) atoms. The average Bonchev–Trinajstić information content (AvgIpc) is 2.88. The predicted molar refractivity (Wildman–Crippen MR) is 131 cm³/mol. The zero-order chi connectivity index (χ0) is 23.7. The highest BCUT2D eigenvalue weighted by atomic mass is 35.5. The monoisotopic (exact) mass is 473 g/mol. The van der Waals surface area contributed by atoms with Crippen molar-refractivity contribution in [2.45, 2.75) is 0 Å². The first-order chi connectivity index (χ1) is 16.5. The fourth-order valence-electron chi connectivity index (χ4n) is 4.19. The van der Waals surface area contributed by atoms with E-state index >= 15 is 0 Å². The lowest BCUT2D eigenvalue weighted by Gasteiger charge is -2.35. The van der Waals surface area contributed by atoms with Crippen LogP contribution in [0.5, 0.6) is 0 Å². The summed E-state index contributed by atoms with van der Waals surface area (Å²) in [5.41, 5.74) is 1.96. The Balaban J connectivity index is 1.27. The highest BCUT2D eigenvalue weighted by Gasteiger charge is 2.25. The molecule has 0 radical (unpaired) electrons. The molecule has 5 rings (SSSR count). The van der Waals surface area contributed by atoms with Crippen LogP contribution >= 0.6 is 11.6 Å². The first-order valence-electron chi connectivity index (χ1n) is 10.8. The highest BCUT2D eigenvalue weighted by molar-refractivity contribution is 6.34. The second kappa shape index (κ2) is 9.07. The van der Waals surface area contributed by atoms with Crippen molar-refractivity contribution in [1.29, 1.82) is 0 Å². The minimum atomic E-state index is -0.536. The third kappa shape index (κ3) is 4.15. The SMILES string of the molecule is O=C(c1ccc([N+](=O)[O-])cc1Cl)N1CCN(c2ccc(-c3cccc4ccccc34)nn2)CC1. The van der Waals surface area contributed by atoms with Gasteiger partial charge in [-0.2, -0.15) is 0 Å². The molecule has 0 bridgehead atoms. The molecule has 0 aliphatic carbocycles. The molecule has 2 heterocycles. The Kier molecular flexibility index (Phi) is 5.81. The van der Waals surface area contributed by atoms with Crippen molar-refractivity contribution >= 4 is 39.8 Å². The fourth-order valence-corrected chi connectivity index (χ4v) is 4.44. The summed E-state index contributed by atoms with van der Waals surface area (Å²) in [6.07, 6.45) is 0. The molecule has 1 amide bonds. The summed E-state index contributed by atoms with van der Waals surface area (Å²) in [6.45, 7) is 2.16. The average molecular weight is 474 g/mol. The third-order valence-electron chi connectivity index (χ3n) is 6.00. The van der Waals surface area contributed by atoms with E-state index in [9.17, 15) is 14.9 Å². The summed E-state index contributed by atoms with van der Waals surface area (Å²) in [5, 5.41) is 22.2. The number of nitrogens with zero attached hydrogens (tertiary/aromatic N) is 5. The number of carbonyl (C=O) groups excluding carboxylic acids is 1. The van der Waals surface area contributed by atoms with Crippen molar-refractivity contribution in [3.05, 3.63) is 93.5 Å². The fraction of sp³-hybridized carbons (Fsp3) is 0.160. The van der Waals surface area contributed by atoms with Crippen LogP contribution in [0.15, 0.2) is 72.8 Å². The van der Waals surface area contributed by atoms with E-state index in [-0.39, 0.29) is 22.2 Å². The maximum absolute atomic E-state index is 12.9. The van der Waals surface area contributed by atoms with E-state index in [0.29, 0.717) is 26.2 Å². The van der Waals surface area contributed by atoms with E-state index in [1.807, 2.05) is 36.4 Å². The minimum Gasteiger partial charge on any atom is -0.352 e. The number of hydrogen-bond donors (Lipinski definition) is 0. The smallest absolute Gasteiger partial charge is 0.270 e. The van der Waals surface area contributed by atoms with Crippen LogP contribution in [-0.2, 0) is 0 Å². The number of halogens is 1. The molecule has 170 valence electrons. The standard InChI is InChI=1S/C25H20ClN5O3/c26-22-16-18(31(33)34)8-9-21(22)25(32)30-14-12-29(13-15-30)24-11-10-23(27-28-24)20-7-3-5-17-4-1-2-6-19(17)20/h1-11,16H,12-15H2. The van der Waals surface area contributed by atoms with Gasteiger partial charge in [-0.05, 0) is 29.0 Å². The normalized spacial score (nSPS) is 13.8. The molecular weight excluding hydrogens is 454 g/mol. The molecule has 0 spiro atoms. The number of rotatable bonds is 4. The Hall–Kier alpha value is -4.04. The number of hydrogen-bond acceptors (Lipinski definition) is 6. The number of benzene rings is 3. The zero-order valence-electron chi connectivity index (χ0n) is 18.1. The number of piperazine rings is 1. The summed E-state index contributed by atoms with van der Waals surface area (Å²) in [5.74, 6) is 0.515. The molecule has 0 N–H and O–H groups in total. The Morgan fingerprint density at radius 1 is 0.912 bits per heavy atom. The van der Waals surface area contributed by atoms with Gasteiger partial charge in [0.25, 0.3) is 11.6 Å². The minimum absolute atomic E-state index is 0.0801. The van der Waals surface area contributed by atoms with E-state index in [2.05, 4.69) is 33.3 Å². The number of carbonyl (C=O) groups is 1. The molecule has 1 fully saturated rings. The van der Waals surface area contributed by atoms with Crippen molar-refractivity contribution in [3.63, 3.8) is 0 Å². The Bertz CT molecular complexity index is 1380. The number of anilines is 1. The molecular formula is C25H20ClN5O3. The van der Waals surface area contributed by atoms with Crippen molar-refractivity contribution < 1.29 is 9.72 Å². The van der Waals surface area contributed by atoms with E-state index < -0.39 is 4.92 Å². The topological polar surface area (TPSA) is 92.5 Å². The third-order valence-corrected chi connectivity index (χ3v) is 6.31. The van der Waals surface area contributed by atoms with E-state index in [4.69, 9.17) is 11.6 Å². The van der Waals surface area contributed by atoms with Gasteiger partial charge < -0.3 is 9.80 Å².